The van der Waals surface area contributed by atoms with Crippen molar-refractivity contribution in [2.24, 2.45) is 23.7 Å². The van der Waals surface area contributed by atoms with Crippen LogP contribution in [0, 0.1) is 23.7 Å². The van der Waals surface area contributed by atoms with Gasteiger partial charge in [0.1, 0.15) is 0 Å². The van der Waals surface area contributed by atoms with Crippen LogP contribution in [0.1, 0.15) is 52.4 Å². The topological polar surface area (TPSA) is 15.3 Å². The second-order valence-electron chi connectivity index (χ2n) is 8.17. The van der Waals surface area contributed by atoms with E-state index in [1.165, 1.54) is 51.7 Å². The van der Waals surface area contributed by atoms with Crippen LogP contribution < -0.4 is 5.32 Å². The third-order valence-electron chi connectivity index (χ3n) is 6.93. The highest BCUT2D eigenvalue weighted by atomic mass is 15.2. The molecule has 3 aliphatic carbocycles. The van der Waals surface area contributed by atoms with E-state index in [1.807, 2.05) is 0 Å². The van der Waals surface area contributed by atoms with Gasteiger partial charge in [-0.15, -0.1) is 0 Å². The Balaban J connectivity index is 1.43. The molecule has 5 atom stereocenters. The van der Waals surface area contributed by atoms with E-state index in [-0.39, 0.29) is 0 Å². The van der Waals surface area contributed by atoms with E-state index >= 15 is 0 Å². The Morgan fingerprint density at radius 3 is 2.63 bits per heavy atom. The average molecular weight is 262 g/mol. The molecular weight excluding hydrogens is 232 g/mol. The lowest BCUT2D eigenvalue weighted by molar-refractivity contribution is 0.0538. The first-order valence-electron chi connectivity index (χ1n) is 8.65. The number of nitrogens with one attached hydrogen (secondary N) is 1. The minimum Gasteiger partial charge on any atom is -0.309 e. The van der Waals surface area contributed by atoms with E-state index < -0.39 is 0 Å². The predicted molar refractivity (Wildman–Crippen MR) is 79.1 cm³/mol. The molecular formula is C17H30N2. The molecule has 4 rings (SSSR count). The van der Waals surface area contributed by atoms with Gasteiger partial charge in [-0.25, -0.2) is 0 Å². The van der Waals surface area contributed by atoms with E-state index in [0.29, 0.717) is 5.54 Å². The van der Waals surface area contributed by atoms with E-state index in [0.717, 1.165) is 29.7 Å². The maximum Gasteiger partial charge on any atom is 0.0309 e. The normalized spacial score (nSPS) is 48.6. The van der Waals surface area contributed by atoms with Crippen molar-refractivity contribution >= 4 is 0 Å². The van der Waals surface area contributed by atoms with Crippen molar-refractivity contribution in [3.63, 3.8) is 0 Å². The summed E-state index contributed by atoms with van der Waals surface area (Å²) in [6.45, 7) is 8.79. The van der Waals surface area contributed by atoms with Crippen LogP contribution in [0.5, 0.6) is 0 Å². The van der Waals surface area contributed by atoms with Crippen LogP contribution in [0.25, 0.3) is 0 Å². The summed E-state index contributed by atoms with van der Waals surface area (Å²) in [6.07, 6.45) is 9.08. The Morgan fingerprint density at radius 2 is 2.00 bits per heavy atom. The fraction of sp³-hybridized carbons (Fsp3) is 1.00. The minimum absolute atomic E-state index is 0.421. The van der Waals surface area contributed by atoms with Gasteiger partial charge >= 0.3 is 0 Å². The van der Waals surface area contributed by atoms with Crippen molar-refractivity contribution in [3.05, 3.63) is 0 Å². The molecule has 2 heteroatoms. The van der Waals surface area contributed by atoms with Crippen LogP contribution >= 0.6 is 0 Å². The maximum atomic E-state index is 3.83. The predicted octanol–water partition coefficient (Wildman–Crippen LogP) is 2.89. The number of nitrogens with zero attached hydrogens (tertiary/aromatic N) is 1. The van der Waals surface area contributed by atoms with Gasteiger partial charge in [0.25, 0.3) is 0 Å². The number of hydrogen-bond donors (Lipinski definition) is 1. The molecule has 1 N–H and O–H groups in total. The first-order chi connectivity index (χ1) is 9.16. The molecule has 0 aromatic heterocycles. The SMILES string of the molecule is CC(C1CC2CCC1C2)N1CCNC(C)(C2CC2)C1. The van der Waals surface area contributed by atoms with Crippen molar-refractivity contribution in [1.29, 1.82) is 0 Å². The third-order valence-corrected chi connectivity index (χ3v) is 6.93. The lowest BCUT2D eigenvalue weighted by Crippen LogP contribution is -2.62. The van der Waals surface area contributed by atoms with Gasteiger partial charge in [-0.3, -0.25) is 4.90 Å². The fourth-order valence-electron chi connectivity index (χ4n) is 5.54. The zero-order chi connectivity index (χ0) is 13.0. The molecule has 19 heavy (non-hydrogen) atoms. The molecule has 4 aliphatic rings. The lowest BCUT2D eigenvalue weighted by Gasteiger charge is -2.47. The van der Waals surface area contributed by atoms with Gasteiger partial charge in [0.15, 0.2) is 0 Å². The highest BCUT2D eigenvalue weighted by molar-refractivity contribution is 5.04. The van der Waals surface area contributed by atoms with Crippen LogP contribution in [0.2, 0.25) is 0 Å². The summed E-state index contributed by atoms with van der Waals surface area (Å²) in [6, 6.07) is 0.829. The highest BCUT2D eigenvalue weighted by Crippen LogP contribution is 2.50. The van der Waals surface area contributed by atoms with E-state index in [1.54, 1.807) is 6.42 Å². The minimum atomic E-state index is 0.421. The van der Waals surface area contributed by atoms with Crippen molar-refractivity contribution in [1.82, 2.24) is 10.2 Å². The number of piperazine rings is 1. The lowest BCUT2D eigenvalue weighted by atomic mass is 9.82. The quantitative estimate of drug-likeness (QED) is 0.841. The molecule has 1 saturated heterocycles. The first-order valence-corrected chi connectivity index (χ1v) is 8.65. The summed E-state index contributed by atoms with van der Waals surface area (Å²) in [7, 11) is 0. The summed E-state index contributed by atoms with van der Waals surface area (Å²) >= 11 is 0. The van der Waals surface area contributed by atoms with Gasteiger partial charge in [-0.05, 0) is 69.6 Å². The first kappa shape index (κ1) is 12.6. The van der Waals surface area contributed by atoms with Crippen molar-refractivity contribution < 1.29 is 0 Å². The van der Waals surface area contributed by atoms with Crippen LogP contribution in [-0.4, -0.2) is 36.1 Å². The smallest absolute Gasteiger partial charge is 0.0309 e. The van der Waals surface area contributed by atoms with Gasteiger partial charge in [0.2, 0.25) is 0 Å². The Kier molecular flexibility index (Phi) is 2.97. The van der Waals surface area contributed by atoms with Crippen molar-refractivity contribution in [3.8, 4) is 0 Å². The molecule has 1 heterocycles. The molecule has 5 unspecified atom stereocenters. The Labute approximate surface area is 118 Å². The zero-order valence-corrected chi connectivity index (χ0v) is 12.7. The molecule has 2 bridgehead atoms. The van der Waals surface area contributed by atoms with Crippen LogP contribution in [-0.2, 0) is 0 Å². The molecule has 4 fully saturated rings. The molecule has 0 aromatic carbocycles. The Morgan fingerprint density at radius 1 is 1.16 bits per heavy atom. The van der Waals surface area contributed by atoms with Gasteiger partial charge in [0, 0.05) is 31.2 Å². The van der Waals surface area contributed by atoms with Crippen LogP contribution in [0.4, 0.5) is 0 Å². The Bertz CT molecular complexity index is 351. The fourth-order valence-corrected chi connectivity index (χ4v) is 5.54. The standard InChI is InChI=1S/C17H30N2/c1-12(16-10-13-3-4-14(16)9-13)19-8-7-18-17(2,11-19)15-5-6-15/h12-16,18H,3-11H2,1-2H3. The second kappa shape index (κ2) is 4.46. The molecule has 2 nitrogen and oxygen atoms in total. The molecule has 0 radical (unpaired) electrons. The largest absolute Gasteiger partial charge is 0.309 e. The number of fused-ring (bicyclic) bond motifs is 2. The van der Waals surface area contributed by atoms with Crippen LogP contribution in [0.15, 0.2) is 0 Å². The molecule has 3 saturated carbocycles. The van der Waals surface area contributed by atoms with Crippen molar-refractivity contribution in [2.45, 2.75) is 64.0 Å². The summed E-state index contributed by atoms with van der Waals surface area (Å²) in [5, 5.41) is 3.83. The Hall–Kier alpha value is -0.0800. The summed E-state index contributed by atoms with van der Waals surface area (Å²) in [4.78, 5) is 2.83. The van der Waals surface area contributed by atoms with Gasteiger partial charge in [0.05, 0.1) is 0 Å². The monoisotopic (exact) mass is 262 g/mol. The van der Waals surface area contributed by atoms with Gasteiger partial charge < -0.3 is 5.32 Å². The number of rotatable bonds is 3. The van der Waals surface area contributed by atoms with E-state index in [2.05, 4.69) is 24.1 Å². The van der Waals surface area contributed by atoms with Crippen LogP contribution in [0.3, 0.4) is 0 Å². The van der Waals surface area contributed by atoms with Gasteiger partial charge in [-0.1, -0.05) is 6.42 Å². The maximum absolute atomic E-state index is 3.83. The highest BCUT2D eigenvalue weighted by Gasteiger charge is 2.47. The molecule has 108 valence electrons. The summed E-state index contributed by atoms with van der Waals surface area (Å²) in [5.74, 6) is 4.14. The molecule has 1 aliphatic heterocycles. The van der Waals surface area contributed by atoms with Gasteiger partial charge in [-0.2, -0.15) is 0 Å². The third kappa shape index (κ3) is 2.15. The van der Waals surface area contributed by atoms with E-state index in [9.17, 15) is 0 Å². The molecule has 0 amide bonds. The molecule has 0 spiro atoms. The molecule has 0 aromatic rings. The van der Waals surface area contributed by atoms with E-state index in [4.69, 9.17) is 0 Å². The summed E-state index contributed by atoms with van der Waals surface area (Å²) in [5.41, 5.74) is 0.421. The summed E-state index contributed by atoms with van der Waals surface area (Å²) < 4.78 is 0. The average Bonchev–Trinajstić information content (AvgIpc) is 3.09. The second-order valence-corrected chi connectivity index (χ2v) is 8.17. The zero-order valence-electron chi connectivity index (χ0n) is 12.7. The van der Waals surface area contributed by atoms with Crippen molar-refractivity contribution in [2.75, 3.05) is 19.6 Å². The number of hydrogen-bond acceptors (Lipinski definition) is 2.